The highest BCUT2D eigenvalue weighted by molar-refractivity contribution is 6.31. The monoisotopic (exact) mass is 294 g/mol. The van der Waals surface area contributed by atoms with Crippen LogP contribution in [0.1, 0.15) is 37.4 Å². The molecular formula is C14H16ClFN4. The number of rotatable bonds is 2. The molecule has 0 spiro atoms. The Kier molecular flexibility index (Phi) is 3.30. The van der Waals surface area contributed by atoms with Crippen molar-refractivity contribution in [1.82, 2.24) is 9.66 Å². The molecule has 1 aliphatic rings. The first-order valence-corrected chi connectivity index (χ1v) is 7.04. The third kappa shape index (κ3) is 2.12. The van der Waals surface area contributed by atoms with Gasteiger partial charge in [-0.25, -0.2) is 14.1 Å². The van der Waals surface area contributed by atoms with Crippen LogP contribution < -0.4 is 11.6 Å². The highest BCUT2D eigenvalue weighted by atomic mass is 35.5. The van der Waals surface area contributed by atoms with Crippen molar-refractivity contribution in [1.29, 1.82) is 0 Å². The van der Waals surface area contributed by atoms with Crippen molar-refractivity contribution >= 4 is 17.4 Å². The summed E-state index contributed by atoms with van der Waals surface area (Å²) in [5, 5.41) is 0.0517. The molecule has 0 bridgehead atoms. The zero-order chi connectivity index (χ0) is 14.3. The van der Waals surface area contributed by atoms with Crippen LogP contribution in [0, 0.1) is 5.82 Å². The molecule has 1 aromatic heterocycles. The fourth-order valence-electron chi connectivity index (χ4n) is 2.79. The second-order valence-corrected chi connectivity index (χ2v) is 5.59. The molecule has 6 heteroatoms. The Bertz CT molecular complexity index is 647. The van der Waals surface area contributed by atoms with Gasteiger partial charge in [-0.1, -0.05) is 24.4 Å². The quantitative estimate of drug-likeness (QED) is 0.835. The number of aromatic nitrogens is 2. The molecule has 0 saturated heterocycles. The van der Waals surface area contributed by atoms with Gasteiger partial charge in [0.05, 0.1) is 5.02 Å². The molecule has 2 aromatic rings. The number of imidazole rings is 1. The zero-order valence-electron chi connectivity index (χ0n) is 10.9. The van der Waals surface area contributed by atoms with E-state index in [0.717, 1.165) is 18.7 Å². The van der Waals surface area contributed by atoms with Crippen LogP contribution in [0.25, 0.3) is 11.3 Å². The van der Waals surface area contributed by atoms with E-state index >= 15 is 0 Å². The maximum atomic E-state index is 13.2. The number of halogens is 2. The normalized spacial score (nSPS) is 15.9. The summed E-state index contributed by atoms with van der Waals surface area (Å²) in [6.07, 6.45) is 4.54. The summed E-state index contributed by atoms with van der Waals surface area (Å²) >= 11 is 5.81. The Labute approximate surface area is 121 Å². The summed E-state index contributed by atoms with van der Waals surface area (Å²) in [6.45, 7) is 0. The first kappa shape index (κ1) is 13.2. The Morgan fingerprint density at radius 3 is 2.65 bits per heavy atom. The first-order valence-electron chi connectivity index (χ1n) is 6.66. The van der Waals surface area contributed by atoms with E-state index in [-0.39, 0.29) is 5.02 Å². The van der Waals surface area contributed by atoms with Gasteiger partial charge in [0.15, 0.2) is 5.82 Å². The highest BCUT2D eigenvalue weighted by Crippen LogP contribution is 2.36. The van der Waals surface area contributed by atoms with Crippen LogP contribution in [-0.4, -0.2) is 9.66 Å². The molecule has 1 aromatic carbocycles. The smallest absolute Gasteiger partial charge is 0.150 e. The number of anilines is 1. The molecule has 3 rings (SSSR count). The molecule has 0 unspecified atom stereocenters. The molecule has 1 saturated carbocycles. The van der Waals surface area contributed by atoms with E-state index in [0.29, 0.717) is 23.0 Å². The van der Waals surface area contributed by atoms with E-state index in [9.17, 15) is 4.39 Å². The molecule has 1 fully saturated rings. The second kappa shape index (κ2) is 4.98. The van der Waals surface area contributed by atoms with Gasteiger partial charge in [0, 0.05) is 11.5 Å². The number of benzene rings is 1. The summed E-state index contributed by atoms with van der Waals surface area (Å²) in [5.74, 6) is 7.09. The lowest BCUT2D eigenvalue weighted by Gasteiger charge is -2.08. The number of nitrogens with zero attached hydrogens (tertiary/aromatic N) is 2. The predicted molar refractivity (Wildman–Crippen MR) is 78.4 cm³/mol. The lowest BCUT2D eigenvalue weighted by Crippen LogP contribution is -2.17. The van der Waals surface area contributed by atoms with Gasteiger partial charge < -0.3 is 11.6 Å². The standard InChI is InChI=1S/C14H16ClFN4/c15-10-7-9(5-6-11(10)16)12-13(17)20(18)14(19-12)8-3-1-2-4-8/h5-8H,1-4,17-18H2. The summed E-state index contributed by atoms with van der Waals surface area (Å²) in [5.41, 5.74) is 7.27. The van der Waals surface area contributed by atoms with Gasteiger partial charge in [-0.15, -0.1) is 0 Å². The second-order valence-electron chi connectivity index (χ2n) is 5.18. The molecule has 20 heavy (non-hydrogen) atoms. The van der Waals surface area contributed by atoms with Gasteiger partial charge in [0.1, 0.15) is 17.3 Å². The Balaban J connectivity index is 2.05. The molecule has 0 aliphatic heterocycles. The lowest BCUT2D eigenvalue weighted by atomic mass is 10.1. The molecule has 4 N–H and O–H groups in total. The zero-order valence-corrected chi connectivity index (χ0v) is 11.7. The Morgan fingerprint density at radius 1 is 1.30 bits per heavy atom. The Morgan fingerprint density at radius 2 is 2.00 bits per heavy atom. The summed E-state index contributed by atoms with van der Waals surface area (Å²) < 4.78 is 14.7. The number of hydrogen-bond acceptors (Lipinski definition) is 3. The highest BCUT2D eigenvalue weighted by Gasteiger charge is 2.25. The van der Waals surface area contributed by atoms with Gasteiger partial charge in [-0.05, 0) is 31.0 Å². The van der Waals surface area contributed by atoms with Crippen molar-refractivity contribution in [2.75, 3.05) is 11.6 Å². The fraction of sp³-hybridized carbons (Fsp3) is 0.357. The van der Waals surface area contributed by atoms with Crippen LogP contribution in [0.2, 0.25) is 5.02 Å². The molecule has 0 atom stereocenters. The van der Waals surface area contributed by atoms with Crippen LogP contribution in [0.3, 0.4) is 0 Å². The third-order valence-electron chi connectivity index (χ3n) is 3.89. The number of nitrogens with two attached hydrogens (primary N) is 2. The molecule has 1 aliphatic carbocycles. The first-order chi connectivity index (χ1) is 9.58. The van der Waals surface area contributed by atoms with Crippen molar-refractivity contribution in [3.8, 4) is 11.3 Å². The molecule has 106 valence electrons. The van der Waals surface area contributed by atoms with Crippen LogP contribution in [0.5, 0.6) is 0 Å². The maximum absolute atomic E-state index is 13.2. The van der Waals surface area contributed by atoms with Crippen LogP contribution in [0.4, 0.5) is 10.2 Å². The van der Waals surface area contributed by atoms with Crippen molar-refractivity contribution in [2.45, 2.75) is 31.6 Å². The molecular weight excluding hydrogens is 279 g/mol. The van der Waals surface area contributed by atoms with Gasteiger partial charge in [-0.2, -0.15) is 0 Å². The van der Waals surface area contributed by atoms with E-state index in [4.69, 9.17) is 23.2 Å². The predicted octanol–water partition coefficient (Wildman–Crippen LogP) is 3.30. The summed E-state index contributed by atoms with van der Waals surface area (Å²) in [4.78, 5) is 4.56. The third-order valence-corrected chi connectivity index (χ3v) is 4.18. The summed E-state index contributed by atoms with van der Waals surface area (Å²) in [6, 6.07) is 4.44. The van der Waals surface area contributed by atoms with Crippen LogP contribution in [0.15, 0.2) is 18.2 Å². The van der Waals surface area contributed by atoms with E-state index in [1.165, 1.54) is 29.7 Å². The topological polar surface area (TPSA) is 69.9 Å². The molecule has 1 heterocycles. The van der Waals surface area contributed by atoms with Crippen molar-refractivity contribution < 1.29 is 4.39 Å². The average Bonchev–Trinajstić information content (AvgIpc) is 3.04. The molecule has 0 amide bonds. The van der Waals surface area contributed by atoms with E-state index < -0.39 is 5.82 Å². The lowest BCUT2D eigenvalue weighted by molar-refractivity contribution is 0.628. The van der Waals surface area contributed by atoms with Gasteiger partial charge in [0.2, 0.25) is 0 Å². The average molecular weight is 295 g/mol. The van der Waals surface area contributed by atoms with Gasteiger partial charge >= 0.3 is 0 Å². The SMILES string of the molecule is Nc1c(-c2ccc(F)c(Cl)c2)nc(C2CCCC2)n1N. The molecule has 4 nitrogen and oxygen atoms in total. The Hall–Kier alpha value is -1.75. The van der Waals surface area contributed by atoms with E-state index in [1.54, 1.807) is 6.07 Å². The molecule has 0 radical (unpaired) electrons. The minimum atomic E-state index is -0.461. The summed E-state index contributed by atoms with van der Waals surface area (Å²) in [7, 11) is 0. The van der Waals surface area contributed by atoms with Gasteiger partial charge in [-0.3, -0.25) is 0 Å². The number of hydrogen-bond donors (Lipinski definition) is 2. The minimum absolute atomic E-state index is 0.0517. The maximum Gasteiger partial charge on any atom is 0.150 e. The fourth-order valence-corrected chi connectivity index (χ4v) is 2.97. The van der Waals surface area contributed by atoms with E-state index in [2.05, 4.69) is 4.98 Å². The van der Waals surface area contributed by atoms with Gasteiger partial charge in [0.25, 0.3) is 0 Å². The van der Waals surface area contributed by atoms with Crippen LogP contribution in [-0.2, 0) is 0 Å². The number of nitrogen functional groups attached to an aromatic ring is 2. The van der Waals surface area contributed by atoms with Crippen molar-refractivity contribution in [3.05, 3.63) is 34.9 Å². The van der Waals surface area contributed by atoms with Crippen LogP contribution >= 0.6 is 11.6 Å². The minimum Gasteiger partial charge on any atom is -0.382 e. The largest absolute Gasteiger partial charge is 0.382 e. The van der Waals surface area contributed by atoms with E-state index in [1.807, 2.05) is 0 Å². The van der Waals surface area contributed by atoms with Crippen molar-refractivity contribution in [3.63, 3.8) is 0 Å². The van der Waals surface area contributed by atoms with Crippen molar-refractivity contribution in [2.24, 2.45) is 0 Å².